The van der Waals surface area contributed by atoms with Crippen molar-refractivity contribution in [3.63, 3.8) is 0 Å². The zero-order valence-corrected chi connectivity index (χ0v) is 14.0. The molecule has 7 nitrogen and oxygen atoms in total. The van der Waals surface area contributed by atoms with E-state index in [1.807, 2.05) is 0 Å². The van der Waals surface area contributed by atoms with Gasteiger partial charge in [-0.2, -0.15) is 13.2 Å². The van der Waals surface area contributed by atoms with Gasteiger partial charge in [-0.05, 0) is 12.1 Å². The highest BCUT2D eigenvalue weighted by atomic mass is 35.5. The van der Waals surface area contributed by atoms with Gasteiger partial charge in [0.1, 0.15) is 5.69 Å². The summed E-state index contributed by atoms with van der Waals surface area (Å²) in [5.74, 6) is -0.0986. The maximum atomic E-state index is 12.6. The standard InChI is InChI=1S/C14H17F3N4O3.ClH/c15-14(16,17)10-1-2-11(12(9-10)21(23)24)19-4-3-13(22)20-7-5-18-6-8-20;/h1-2,9,18-19H,3-8H2;1H. The summed E-state index contributed by atoms with van der Waals surface area (Å²) in [6.07, 6.45) is -4.54. The van der Waals surface area contributed by atoms with E-state index in [2.05, 4.69) is 10.6 Å². The molecule has 140 valence electrons. The van der Waals surface area contributed by atoms with Crippen LogP contribution in [-0.4, -0.2) is 48.5 Å². The predicted octanol–water partition coefficient (Wildman–Crippen LogP) is 2.27. The van der Waals surface area contributed by atoms with E-state index in [4.69, 9.17) is 0 Å². The molecule has 0 aliphatic carbocycles. The molecule has 1 heterocycles. The van der Waals surface area contributed by atoms with E-state index in [1.165, 1.54) is 0 Å². The van der Waals surface area contributed by atoms with Gasteiger partial charge < -0.3 is 15.5 Å². The van der Waals surface area contributed by atoms with E-state index in [9.17, 15) is 28.1 Å². The number of hydrogen-bond acceptors (Lipinski definition) is 5. The molecule has 0 bridgehead atoms. The fourth-order valence-corrected chi connectivity index (χ4v) is 2.38. The highest BCUT2D eigenvalue weighted by molar-refractivity contribution is 5.85. The van der Waals surface area contributed by atoms with Crippen LogP contribution in [0.2, 0.25) is 0 Å². The van der Waals surface area contributed by atoms with Crippen LogP contribution in [0.3, 0.4) is 0 Å². The van der Waals surface area contributed by atoms with Crippen molar-refractivity contribution in [2.75, 3.05) is 38.0 Å². The summed E-state index contributed by atoms with van der Waals surface area (Å²) in [6, 6.07) is 2.27. The topological polar surface area (TPSA) is 87.5 Å². The zero-order valence-electron chi connectivity index (χ0n) is 13.1. The highest BCUT2D eigenvalue weighted by Crippen LogP contribution is 2.34. The second kappa shape index (κ2) is 8.86. The Morgan fingerprint density at radius 1 is 1.32 bits per heavy atom. The first-order valence-corrected chi connectivity index (χ1v) is 7.37. The number of nitro groups is 1. The number of carbonyl (C=O) groups excluding carboxylic acids is 1. The van der Waals surface area contributed by atoms with Crippen LogP contribution in [0.1, 0.15) is 12.0 Å². The summed E-state index contributed by atoms with van der Waals surface area (Å²) in [6.45, 7) is 2.72. The first kappa shape index (κ1) is 21.0. The van der Waals surface area contributed by atoms with Gasteiger partial charge in [-0.3, -0.25) is 14.9 Å². The van der Waals surface area contributed by atoms with Crippen molar-refractivity contribution in [2.45, 2.75) is 12.6 Å². The van der Waals surface area contributed by atoms with Crippen molar-refractivity contribution in [1.82, 2.24) is 10.2 Å². The Hall–Kier alpha value is -2.07. The van der Waals surface area contributed by atoms with Crippen LogP contribution < -0.4 is 10.6 Å². The average Bonchev–Trinajstić information content (AvgIpc) is 2.54. The summed E-state index contributed by atoms with van der Waals surface area (Å²) >= 11 is 0. The SMILES string of the molecule is Cl.O=C(CCNc1ccc(C(F)(F)F)cc1[N+](=O)[O-])N1CCNCC1. The molecule has 0 spiro atoms. The number of alkyl halides is 3. The lowest BCUT2D eigenvalue weighted by atomic mass is 10.1. The first-order chi connectivity index (χ1) is 11.3. The first-order valence-electron chi connectivity index (χ1n) is 7.37. The quantitative estimate of drug-likeness (QED) is 0.602. The van der Waals surface area contributed by atoms with Gasteiger partial charge in [0.05, 0.1) is 10.5 Å². The molecule has 1 fully saturated rings. The number of halogens is 4. The molecular formula is C14H18ClF3N4O3. The molecule has 2 rings (SSSR count). The molecule has 0 radical (unpaired) electrons. The minimum absolute atomic E-state index is 0. The monoisotopic (exact) mass is 382 g/mol. The van der Waals surface area contributed by atoms with Crippen LogP contribution in [0.5, 0.6) is 0 Å². The third kappa shape index (κ3) is 5.75. The van der Waals surface area contributed by atoms with E-state index in [0.717, 1.165) is 12.1 Å². The molecule has 0 unspecified atom stereocenters. The van der Waals surface area contributed by atoms with Crippen molar-refractivity contribution >= 4 is 29.7 Å². The molecule has 0 aromatic heterocycles. The van der Waals surface area contributed by atoms with Gasteiger partial charge in [0, 0.05) is 45.2 Å². The Kier molecular flexibility index (Phi) is 7.43. The molecule has 1 aromatic carbocycles. The molecule has 25 heavy (non-hydrogen) atoms. The number of nitro benzene ring substituents is 1. The van der Waals surface area contributed by atoms with E-state index in [0.29, 0.717) is 32.2 Å². The van der Waals surface area contributed by atoms with Crippen LogP contribution in [0.15, 0.2) is 18.2 Å². The number of hydrogen-bond donors (Lipinski definition) is 2. The highest BCUT2D eigenvalue weighted by Gasteiger charge is 2.33. The largest absolute Gasteiger partial charge is 0.416 e. The number of benzene rings is 1. The van der Waals surface area contributed by atoms with Gasteiger partial charge in [-0.1, -0.05) is 0 Å². The predicted molar refractivity (Wildman–Crippen MR) is 87.9 cm³/mol. The second-order valence-corrected chi connectivity index (χ2v) is 5.29. The lowest BCUT2D eigenvalue weighted by molar-refractivity contribution is -0.384. The van der Waals surface area contributed by atoms with E-state index in [-0.39, 0.29) is 37.0 Å². The van der Waals surface area contributed by atoms with Crippen LogP contribution in [-0.2, 0) is 11.0 Å². The number of carbonyl (C=O) groups is 1. The minimum atomic E-state index is -4.65. The number of piperazine rings is 1. The van der Waals surface area contributed by atoms with Crippen LogP contribution in [0, 0.1) is 10.1 Å². The molecule has 1 aliphatic rings. The molecular weight excluding hydrogens is 365 g/mol. The van der Waals surface area contributed by atoms with Crippen LogP contribution in [0.25, 0.3) is 0 Å². The van der Waals surface area contributed by atoms with E-state index >= 15 is 0 Å². The van der Waals surface area contributed by atoms with Gasteiger partial charge in [0.15, 0.2) is 0 Å². The minimum Gasteiger partial charge on any atom is -0.379 e. The number of rotatable bonds is 5. The molecule has 0 atom stereocenters. The normalized spacial score (nSPS) is 14.6. The molecule has 11 heteroatoms. The third-order valence-electron chi connectivity index (χ3n) is 3.65. The van der Waals surface area contributed by atoms with Crippen LogP contribution >= 0.6 is 12.4 Å². The maximum Gasteiger partial charge on any atom is 0.416 e. The number of nitrogens with one attached hydrogen (secondary N) is 2. The molecule has 0 saturated carbocycles. The molecule has 1 saturated heterocycles. The number of nitrogens with zero attached hydrogens (tertiary/aromatic N) is 2. The molecule has 2 N–H and O–H groups in total. The number of amides is 1. The van der Waals surface area contributed by atoms with Crippen molar-refractivity contribution in [3.8, 4) is 0 Å². The van der Waals surface area contributed by atoms with Crippen molar-refractivity contribution in [3.05, 3.63) is 33.9 Å². The summed E-state index contributed by atoms with van der Waals surface area (Å²) in [7, 11) is 0. The van der Waals surface area contributed by atoms with Crippen molar-refractivity contribution in [1.29, 1.82) is 0 Å². The molecule has 1 amide bonds. The van der Waals surface area contributed by atoms with Gasteiger partial charge in [0.2, 0.25) is 5.91 Å². The molecule has 1 aliphatic heterocycles. The zero-order chi connectivity index (χ0) is 17.7. The fourth-order valence-electron chi connectivity index (χ4n) is 2.38. The Morgan fingerprint density at radius 3 is 2.52 bits per heavy atom. The second-order valence-electron chi connectivity index (χ2n) is 5.29. The van der Waals surface area contributed by atoms with Crippen LogP contribution in [0.4, 0.5) is 24.5 Å². The smallest absolute Gasteiger partial charge is 0.379 e. The Balaban J connectivity index is 0.00000312. The summed E-state index contributed by atoms with van der Waals surface area (Å²) in [5.41, 5.74) is -1.79. The average molecular weight is 383 g/mol. The molecule has 1 aromatic rings. The summed E-state index contributed by atoms with van der Waals surface area (Å²) in [4.78, 5) is 23.7. The van der Waals surface area contributed by atoms with Gasteiger partial charge in [-0.15, -0.1) is 12.4 Å². The Bertz CT molecular complexity index is 622. The Labute approximate surface area is 148 Å². The summed E-state index contributed by atoms with van der Waals surface area (Å²) in [5, 5.41) is 16.7. The lowest BCUT2D eigenvalue weighted by Gasteiger charge is -2.27. The third-order valence-corrected chi connectivity index (χ3v) is 3.65. The van der Waals surface area contributed by atoms with Gasteiger partial charge in [-0.25, -0.2) is 0 Å². The fraction of sp³-hybridized carbons (Fsp3) is 0.500. The Morgan fingerprint density at radius 2 is 1.96 bits per heavy atom. The van der Waals surface area contributed by atoms with Gasteiger partial charge >= 0.3 is 6.18 Å². The summed E-state index contributed by atoms with van der Waals surface area (Å²) < 4.78 is 37.9. The van der Waals surface area contributed by atoms with Crippen molar-refractivity contribution in [2.24, 2.45) is 0 Å². The lowest BCUT2D eigenvalue weighted by Crippen LogP contribution is -2.46. The van der Waals surface area contributed by atoms with Gasteiger partial charge in [0.25, 0.3) is 5.69 Å². The maximum absolute atomic E-state index is 12.6. The number of anilines is 1. The van der Waals surface area contributed by atoms with E-state index in [1.54, 1.807) is 4.90 Å². The van der Waals surface area contributed by atoms with E-state index < -0.39 is 22.4 Å². The van der Waals surface area contributed by atoms with Crippen molar-refractivity contribution < 1.29 is 22.9 Å².